The van der Waals surface area contributed by atoms with Crippen LogP contribution < -0.4 is 5.69 Å². The molecule has 0 aliphatic heterocycles. The first kappa shape index (κ1) is 18.2. The molecule has 0 aliphatic rings. The second-order valence-corrected chi connectivity index (χ2v) is 7.61. The number of carbonyl (C=O) groups is 1. The summed E-state index contributed by atoms with van der Waals surface area (Å²) in [6.45, 7) is 6.28. The number of carbonyl (C=O) groups excluding carboxylic acids is 1. The molecule has 26 heavy (non-hydrogen) atoms. The fourth-order valence-corrected chi connectivity index (χ4v) is 3.57. The smallest absolute Gasteiger partial charge is 0.293 e. The van der Waals surface area contributed by atoms with Crippen LogP contribution in [0.1, 0.15) is 34.0 Å². The van der Waals surface area contributed by atoms with E-state index in [-0.39, 0.29) is 16.7 Å². The van der Waals surface area contributed by atoms with Gasteiger partial charge in [0.25, 0.3) is 0 Å². The topological polar surface area (TPSA) is 67.8 Å². The van der Waals surface area contributed by atoms with Gasteiger partial charge in [-0.25, -0.2) is 9.89 Å². The minimum atomic E-state index is -0.346. The van der Waals surface area contributed by atoms with Crippen molar-refractivity contribution in [1.29, 1.82) is 0 Å². The monoisotopic (exact) mass is 367 g/mol. The maximum Gasteiger partial charge on any atom is 0.344 e. The number of benzene rings is 2. The molecule has 0 saturated carbocycles. The number of rotatable bonds is 6. The van der Waals surface area contributed by atoms with Gasteiger partial charge in [0.2, 0.25) is 0 Å². The second-order valence-electron chi connectivity index (χ2n) is 6.31. The van der Waals surface area contributed by atoms with Crippen LogP contribution in [0, 0.1) is 13.8 Å². The number of aryl methyl sites for hydroxylation is 2. The van der Waals surface area contributed by atoms with Crippen LogP contribution >= 0.6 is 11.8 Å². The summed E-state index contributed by atoms with van der Waals surface area (Å²) >= 11 is 1.29. The van der Waals surface area contributed by atoms with Crippen LogP contribution in [0.3, 0.4) is 0 Å². The molecule has 6 heteroatoms. The highest BCUT2D eigenvalue weighted by atomic mass is 32.2. The normalized spacial score (nSPS) is 12.1. The lowest BCUT2D eigenvalue weighted by atomic mass is 10.0. The fraction of sp³-hybridized carbons (Fsp3) is 0.250. The Morgan fingerprint density at radius 3 is 2.58 bits per heavy atom. The van der Waals surface area contributed by atoms with Crippen molar-refractivity contribution in [3.05, 3.63) is 81.3 Å². The van der Waals surface area contributed by atoms with E-state index in [0.717, 1.165) is 16.7 Å². The third-order valence-corrected chi connectivity index (χ3v) is 5.44. The van der Waals surface area contributed by atoms with Gasteiger partial charge < -0.3 is 0 Å². The lowest BCUT2D eigenvalue weighted by molar-refractivity contribution is 0.0993. The molecular formula is C20H21N3O2S. The number of hydrogen-bond donors (Lipinski definition) is 1. The molecule has 2 aromatic carbocycles. The van der Waals surface area contributed by atoms with Gasteiger partial charge >= 0.3 is 5.69 Å². The molecule has 1 N–H and O–H groups in total. The van der Waals surface area contributed by atoms with E-state index < -0.39 is 0 Å². The fourth-order valence-electron chi connectivity index (χ4n) is 2.64. The summed E-state index contributed by atoms with van der Waals surface area (Å²) in [5, 5.41) is 6.75. The number of ketones is 1. The maximum absolute atomic E-state index is 12.7. The van der Waals surface area contributed by atoms with Gasteiger partial charge in [0.1, 0.15) is 0 Å². The van der Waals surface area contributed by atoms with Gasteiger partial charge in [-0.3, -0.25) is 9.36 Å². The van der Waals surface area contributed by atoms with E-state index in [1.165, 1.54) is 11.8 Å². The van der Waals surface area contributed by atoms with E-state index in [1.807, 2.05) is 69.3 Å². The summed E-state index contributed by atoms with van der Waals surface area (Å²) < 4.78 is 1.56. The van der Waals surface area contributed by atoms with Crippen LogP contribution in [-0.4, -0.2) is 25.8 Å². The Labute approximate surface area is 156 Å². The number of aromatic amines is 1. The van der Waals surface area contributed by atoms with E-state index in [4.69, 9.17) is 0 Å². The van der Waals surface area contributed by atoms with Crippen molar-refractivity contribution in [2.24, 2.45) is 0 Å². The van der Waals surface area contributed by atoms with Gasteiger partial charge in [-0.2, -0.15) is 0 Å². The van der Waals surface area contributed by atoms with Crippen molar-refractivity contribution in [2.75, 3.05) is 0 Å². The van der Waals surface area contributed by atoms with Crippen LogP contribution in [-0.2, 0) is 6.54 Å². The zero-order chi connectivity index (χ0) is 18.7. The van der Waals surface area contributed by atoms with Crippen molar-refractivity contribution in [2.45, 2.75) is 37.7 Å². The predicted octanol–water partition coefficient (Wildman–Crippen LogP) is 3.60. The lowest BCUT2D eigenvalue weighted by Crippen LogP contribution is -2.20. The predicted molar refractivity (Wildman–Crippen MR) is 104 cm³/mol. The first-order valence-corrected chi connectivity index (χ1v) is 9.31. The second kappa shape index (κ2) is 7.74. The van der Waals surface area contributed by atoms with Crippen LogP contribution in [0.5, 0.6) is 0 Å². The highest BCUT2D eigenvalue weighted by molar-refractivity contribution is 8.00. The van der Waals surface area contributed by atoms with Gasteiger partial charge in [0, 0.05) is 5.56 Å². The van der Waals surface area contributed by atoms with E-state index in [0.29, 0.717) is 17.3 Å². The Hall–Kier alpha value is -2.60. The Morgan fingerprint density at radius 2 is 1.88 bits per heavy atom. The number of thioether (sulfide) groups is 1. The first-order chi connectivity index (χ1) is 12.5. The molecule has 0 radical (unpaired) electrons. The Bertz CT molecular complexity index is 976. The Balaban J connectivity index is 1.79. The van der Waals surface area contributed by atoms with Crippen LogP contribution in [0.25, 0.3) is 0 Å². The molecule has 5 nitrogen and oxygen atoms in total. The van der Waals surface area contributed by atoms with Gasteiger partial charge in [0.15, 0.2) is 10.9 Å². The van der Waals surface area contributed by atoms with Crippen molar-refractivity contribution in [3.8, 4) is 0 Å². The summed E-state index contributed by atoms with van der Waals surface area (Å²) in [6.07, 6.45) is 0. The van der Waals surface area contributed by atoms with Crippen molar-refractivity contribution in [3.63, 3.8) is 0 Å². The molecule has 0 spiro atoms. The molecule has 0 amide bonds. The Morgan fingerprint density at radius 1 is 1.15 bits per heavy atom. The highest BCUT2D eigenvalue weighted by Crippen LogP contribution is 2.24. The number of H-pyrrole nitrogens is 1. The van der Waals surface area contributed by atoms with Crippen molar-refractivity contribution >= 4 is 17.5 Å². The molecule has 0 aliphatic carbocycles. The molecule has 134 valence electrons. The summed E-state index contributed by atoms with van der Waals surface area (Å²) in [7, 11) is 0. The number of hydrogen-bond acceptors (Lipinski definition) is 4. The quantitative estimate of drug-likeness (QED) is 0.534. The van der Waals surface area contributed by atoms with Gasteiger partial charge in [0.05, 0.1) is 11.8 Å². The third kappa shape index (κ3) is 3.96. The average molecular weight is 367 g/mol. The van der Waals surface area contributed by atoms with E-state index in [1.54, 1.807) is 4.57 Å². The van der Waals surface area contributed by atoms with Gasteiger partial charge in [-0.1, -0.05) is 54.2 Å². The molecule has 1 aromatic heterocycles. The minimum Gasteiger partial charge on any atom is -0.293 e. The van der Waals surface area contributed by atoms with Gasteiger partial charge in [-0.15, -0.1) is 5.10 Å². The Kier molecular flexibility index (Phi) is 5.42. The van der Waals surface area contributed by atoms with Crippen LogP contribution in [0.4, 0.5) is 0 Å². The molecule has 0 bridgehead atoms. The van der Waals surface area contributed by atoms with Gasteiger partial charge in [-0.05, 0) is 43.5 Å². The standard InChI is InChI=1S/C20H21N3O2S/c1-13-9-10-17(11-14(13)2)18(24)15(3)26-20-22-21-19(25)23(20)12-16-7-5-4-6-8-16/h4-11,15H,12H2,1-3H3,(H,21,25). The summed E-state index contributed by atoms with van der Waals surface area (Å²) in [5.41, 5.74) is 3.66. The summed E-state index contributed by atoms with van der Waals surface area (Å²) in [5.74, 6) is 0.0276. The zero-order valence-corrected chi connectivity index (χ0v) is 15.8. The number of Topliss-reactive ketones (excluding diaryl/α,β-unsaturated/α-hetero) is 1. The lowest BCUT2D eigenvalue weighted by Gasteiger charge is -2.12. The first-order valence-electron chi connectivity index (χ1n) is 8.43. The summed E-state index contributed by atoms with van der Waals surface area (Å²) in [4.78, 5) is 24.8. The van der Waals surface area contributed by atoms with E-state index in [2.05, 4.69) is 10.2 Å². The van der Waals surface area contributed by atoms with Crippen LogP contribution in [0.15, 0.2) is 58.5 Å². The molecule has 1 heterocycles. The highest BCUT2D eigenvalue weighted by Gasteiger charge is 2.20. The third-order valence-electron chi connectivity index (χ3n) is 4.35. The summed E-state index contributed by atoms with van der Waals surface area (Å²) in [6, 6.07) is 15.4. The largest absolute Gasteiger partial charge is 0.344 e. The minimum absolute atomic E-state index is 0.0276. The molecule has 3 rings (SSSR count). The molecule has 0 saturated heterocycles. The van der Waals surface area contributed by atoms with E-state index in [9.17, 15) is 9.59 Å². The molecular weight excluding hydrogens is 346 g/mol. The average Bonchev–Trinajstić information content (AvgIpc) is 2.97. The number of nitrogens with zero attached hydrogens (tertiary/aromatic N) is 2. The van der Waals surface area contributed by atoms with Crippen LogP contribution in [0.2, 0.25) is 0 Å². The number of aromatic nitrogens is 3. The van der Waals surface area contributed by atoms with Crippen molar-refractivity contribution in [1.82, 2.24) is 14.8 Å². The zero-order valence-electron chi connectivity index (χ0n) is 15.0. The van der Waals surface area contributed by atoms with E-state index >= 15 is 0 Å². The maximum atomic E-state index is 12.7. The van der Waals surface area contributed by atoms with Crippen molar-refractivity contribution < 1.29 is 4.79 Å². The molecule has 1 unspecified atom stereocenters. The molecule has 1 atom stereocenters. The molecule has 0 fully saturated rings. The SMILES string of the molecule is Cc1ccc(C(=O)C(C)Sc2n[nH]c(=O)n2Cc2ccccc2)cc1C. The molecule has 3 aromatic rings. The number of nitrogens with one attached hydrogen (secondary N) is 1.